The van der Waals surface area contributed by atoms with Crippen LogP contribution in [-0.2, 0) is 18.9 Å². The van der Waals surface area contributed by atoms with Gasteiger partial charge >= 0.3 is 18.3 Å². The molecule has 180 valence electrons. The summed E-state index contributed by atoms with van der Waals surface area (Å²) in [7, 11) is 0. The van der Waals surface area contributed by atoms with Crippen molar-refractivity contribution < 1.29 is 41.0 Å². The number of hydrogen-bond acceptors (Lipinski definition) is 4. The second-order valence-corrected chi connectivity index (χ2v) is 7.26. The summed E-state index contributed by atoms with van der Waals surface area (Å²) in [4.78, 5) is 23.7. The molecule has 3 aromatic rings. The number of carbonyl (C=O) groups is 2. The van der Waals surface area contributed by atoms with Gasteiger partial charge in [0.05, 0.1) is 23.7 Å². The van der Waals surface area contributed by atoms with Crippen molar-refractivity contribution in [2.24, 2.45) is 0 Å². The largest absolute Gasteiger partial charge is 0.478 e. The Kier molecular flexibility index (Phi) is 6.66. The molecule has 0 spiro atoms. The van der Waals surface area contributed by atoms with Crippen LogP contribution in [0.5, 0.6) is 0 Å². The zero-order valence-corrected chi connectivity index (χ0v) is 17.3. The predicted octanol–water partition coefficient (Wildman–Crippen LogP) is 4.55. The van der Waals surface area contributed by atoms with Crippen molar-refractivity contribution in [3.05, 3.63) is 82.2 Å². The molecule has 0 saturated heterocycles. The number of nitrogens with one attached hydrogen (secondary N) is 1. The van der Waals surface area contributed by atoms with E-state index in [1.54, 1.807) is 0 Å². The van der Waals surface area contributed by atoms with E-state index in [9.17, 15) is 35.9 Å². The molecule has 2 aromatic carbocycles. The third kappa shape index (κ3) is 5.53. The molecular formula is C21H16F6N4O3. The number of hydrogen-bond donors (Lipinski definition) is 2. The van der Waals surface area contributed by atoms with E-state index in [1.807, 2.05) is 0 Å². The molecule has 1 aromatic heterocycles. The molecule has 0 aliphatic heterocycles. The maximum Gasteiger partial charge on any atom is 0.437 e. The molecule has 34 heavy (non-hydrogen) atoms. The molecule has 0 bridgehead atoms. The summed E-state index contributed by atoms with van der Waals surface area (Å²) in [6, 6.07) is 8.19. The average Bonchev–Trinajstić information content (AvgIpc) is 3.17. The number of amides is 1. The molecule has 0 saturated carbocycles. The lowest BCUT2D eigenvalue weighted by atomic mass is 10.1. The number of aromatic nitrogens is 3. The number of aromatic carboxylic acids is 1. The predicted molar refractivity (Wildman–Crippen MR) is 105 cm³/mol. The van der Waals surface area contributed by atoms with Gasteiger partial charge in [-0.05, 0) is 42.3 Å². The zero-order valence-electron chi connectivity index (χ0n) is 17.3. The molecule has 0 fully saturated rings. The van der Waals surface area contributed by atoms with Crippen LogP contribution in [0.4, 0.5) is 26.3 Å². The van der Waals surface area contributed by atoms with E-state index in [-0.39, 0.29) is 11.1 Å². The van der Waals surface area contributed by atoms with E-state index in [2.05, 4.69) is 15.6 Å². The molecule has 0 aliphatic rings. The van der Waals surface area contributed by atoms with Gasteiger partial charge in [-0.15, -0.1) is 5.10 Å². The second kappa shape index (κ2) is 9.15. The normalized spacial score (nSPS) is 12.9. The van der Waals surface area contributed by atoms with Crippen molar-refractivity contribution >= 4 is 11.9 Å². The topological polar surface area (TPSA) is 97.1 Å². The van der Waals surface area contributed by atoms with Gasteiger partial charge in [0.25, 0.3) is 5.91 Å². The molecule has 0 unspecified atom stereocenters. The highest BCUT2D eigenvalue weighted by Gasteiger charge is 2.41. The summed E-state index contributed by atoms with van der Waals surface area (Å²) in [5, 5.41) is 17.8. The molecule has 0 radical (unpaired) electrons. The first-order valence-electron chi connectivity index (χ1n) is 9.58. The van der Waals surface area contributed by atoms with Gasteiger partial charge in [0.15, 0.2) is 11.4 Å². The fourth-order valence-corrected chi connectivity index (χ4v) is 3.07. The Hall–Kier alpha value is -3.90. The van der Waals surface area contributed by atoms with Crippen LogP contribution in [0.15, 0.2) is 48.5 Å². The minimum atomic E-state index is -5.02. The Bertz CT molecular complexity index is 1190. The van der Waals surface area contributed by atoms with Gasteiger partial charge in [-0.2, -0.15) is 26.3 Å². The lowest BCUT2D eigenvalue weighted by Gasteiger charge is -2.16. The highest BCUT2D eigenvalue weighted by atomic mass is 19.4. The maximum atomic E-state index is 13.4. The lowest BCUT2D eigenvalue weighted by Crippen LogP contribution is -2.31. The van der Waals surface area contributed by atoms with Crippen LogP contribution >= 0.6 is 0 Å². The van der Waals surface area contributed by atoms with Crippen molar-refractivity contribution in [2.75, 3.05) is 0 Å². The van der Waals surface area contributed by atoms with E-state index in [0.717, 1.165) is 24.3 Å². The summed E-state index contributed by atoms with van der Waals surface area (Å²) in [5.41, 5.74) is -2.83. The number of nitrogens with zero attached hydrogens (tertiary/aromatic N) is 3. The van der Waals surface area contributed by atoms with Crippen LogP contribution in [0.2, 0.25) is 0 Å². The van der Waals surface area contributed by atoms with Crippen LogP contribution in [0, 0.1) is 0 Å². The van der Waals surface area contributed by atoms with Gasteiger partial charge in [-0.3, -0.25) is 4.79 Å². The first-order valence-corrected chi connectivity index (χ1v) is 9.58. The summed E-state index contributed by atoms with van der Waals surface area (Å²) >= 11 is 0. The first kappa shape index (κ1) is 24.7. The number of carbonyl (C=O) groups excluding carboxylic acids is 1. The standard InChI is InChI=1S/C21H16F6N4O3/c1-11(13-4-6-14(7-5-13)19(33)34)28-18(32)16-17(21(25,26)27)29-30-31(16)10-12-2-8-15(9-3-12)20(22,23)24/h2-9,11H,10H2,1H3,(H,28,32)(H,33,34)/t11-/m0/s1. The Morgan fingerprint density at radius 2 is 1.56 bits per heavy atom. The van der Waals surface area contributed by atoms with E-state index >= 15 is 0 Å². The van der Waals surface area contributed by atoms with Crippen LogP contribution in [-0.4, -0.2) is 32.0 Å². The maximum absolute atomic E-state index is 13.4. The molecular weight excluding hydrogens is 470 g/mol. The van der Waals surface area contributed by atoms with E-state index in [4.69, 9.17) is 5.11 Å². The third-order valence-corrected chi connectivity index (χ3v) is 4.84. The number of halogens is 6. The van der Waals surface area contributed by atoms with E-state index < -0.39 is 53.8 Å². The van der Waals surface area contributed by atoms with Gasteiger partial charge in [0, 0.05) is 0 Å². The Labute approximate surface area is 188 Å². The van der Waals surface area contributed by atoms with Crippen molar-refractivity contribution in [2.45, 2.75) is 31.9 Å². The molecule has 1 heterocycles. The van der Waals surface area contributed by atoms with Crippen molar-refractivity contribution in [3.8, 4) is 0 Å². The summed E-state index contributed by atoms with van der Waals surface area (Å²) in [6.45, 7) is 1.04. The van der Waals surface area contributed by atoms with E-state index in [0.29, 0.717) is 10.2 Å². The van der Waals surface area contributed by atoms with Crippen molar-refractivity contribution in [3.63, 3.8) is 0 Å². The smallest absolute Gasteiger partial charge is 0.437 e. The summed E-state index contributed by atoms with van der Waals surface area (Å²) in [5.74, 6) is -2.34. The highest BCUT2D eigenvalue weighted by Crippen LogP contribution is 2.32. The summed E-state index contributed by atoms with van der Waals surface area (Å²) < 4.78 is 79.2. The van der Waals surface area contributed by atoms with Crippen LogP contribution < -0.4 is 5.32 Å². The highest BCUT2D eigenvalue weighted by molar-refractivity contribution is 5.94. The van der Waals surface area contributed by atoms with Gasteiger partial charge in [0.2, 0.25) is 0 Å². The molecule has 1 atom stereocenters. The minimum absolute atomic E-state index is 0.0135. The Morgan fingerprint density at radius 3 is 2.06 bits per heavy atom. The van der Waals surface area contributed by atoms with Crippen LogP contribution in [0.25, 0.3) is 0 Å². The van der Waals surface area contributed by atoms with Crippen molar-refractivity contribution in [1.29, 1.82) is 0 Å². The number of carboxylic acid groups (broad SMARTS) is 1. The Balaban J connectivity index is 1.87. The molecule has 3 rings (SSSR count). The third-order valence-electron chi connectivity index (χ3n) is 4.84. The van der Waals surface area contributed by atoms with Crippen molar-refractivity contribution in [1.82, 2.24) is 20.3 Å². The first-order chi connectivity index (χ1) is 15.8. The molecule has 13 heteroatoms. The Morgan fingerprint density at radius 1 is 0.971 bits per heavy atom. The molecule has 7 nitrogen and oxygen atoms in total. The molecule has 2 N–H and O–H groups in total. The molecule has 1 amide bonds. The number of rotatable bonds is 6. The fourth-order valence-electron chi connectivity index (χ4n) is 3.07. The van der Waals surface area contributed by atoms with Gasteiger partial charge in [-0.1, -0.05) is 29.5 Å². The van der Waals surface area contributed by atoms with Gasteiger partial charge < -0.3 is 10.4 Å². The SMILES string of the molecule is C[C@H](NC(=O)c1c(C(F)(F)F)nnn1Cc1ccc(C(F)(F)F)cc1)c1ccc(C(=O)O)cc1. The number of alkyl halides is 6. The van der Waals surface area contributed by atoms with Crippen LogP contribution in [0.3, 0.4) is 0 Å². The average molecular weight is 486 g/mol. The lowest BCUT2D eigenvalue weighted by molar-refractivity contribution is -0.141. The fraction of sp³-hybridized carbons (Fsp3) is 0.238. The van der Waals surface area contributed by atoms with Crippen LogP contribution in [0.1, 0.15) is 56.2 Å². The zero-order chi connectivity index (χ0) is 25.3. The second-order valence-electron chi connectivity index (χ2n) is 7.26. The number of carboxylic acids is 1. The number of benzene rings is 2. The summed E-state index contributed by atoms with van der Waals surface area (Å²) in [6.07, 6.45) is -9.60. The van der Waals surface area contributed by atoms with E-state index in [1.165, 1.54) is 31.2 Å². The monoisotopic (exact) mass is 486 g/mol. The minimum Gasteiger partial charge on any atom is -0.478 e. The van der Waals surface area contributed by atoms with Gasteiger partial charge in [0.1, 0.15) is 0 Å². The quantitative estimate of drug-likeness (QED) is 0.499. The molecule has 0 aliphatic carbocycles. The van der Waals surface area contributed by atoms with Gasteiger partial charge in [-0.25, -0.2) is 9.48 Å².